The van der Waals surface area contributed by atoms with Crippen molar-refractivity contribution in [3.63, 3.8) is 0 Å². The second kappa shape index (κ2) is 34.3. The van der Waals surface area contributed by atoms with Crippen molar-refractivity contribution in [2.45, 2.75) is 181 Å². The largest absolute Gasteiger partial charge is 0.393 e. The maximum absolute atomic E-state index is 11.9. The summed E-state index contributed by atoms with van der Waals surface area (Å²) in [6, 6.07) is 0. The van der Waals surface area contributed by atoms with E-state index in [-0.39, 0.29) is 11.9 Å². The Kier molecular flexibility index (Phi) is 32.7. The molecule has 236 valence electrons. The lowest BCUT2D eigenvalue weighted by atomic mass is 10.0. The molecule has 0 atom stereocenters. The number of esters is 2. The summed E-state index contributed by atoms with van der Waals surface area (Å²) in [5.74, 6) is -0.741. The molecule has 0 radical (unpaired) electrons. The number of hydrogen-bond acceptors (Lipinski definition) is 3. The Morgan fingerprint density at radius 3 is 1.15 bits per heavy atom. The fourth-order valence-electron chi connectivity index (χ4n) is 4.79. The number of allylic oxidation sites excluding steroid dienone is 8. The molecular formula is C38H66O3. The molecule has 0 aromatic heterocycles. The minimum absolute atomic E-state index is 0.308. The molecule has 0 saturated carbocycles. The fourth-order valence-corrected chi connectivity index (χ4v) is 4.79. The Hall–Kier alpha value is -1.90. The third kappa shape index (κ3) is 34.2. The van der Waals surface area contributed by atoms with Crippen molar-refractivity contribution >= 4 is 11.9 Å². The van der Waals surface area contributed by atoms with Crippen molar-refractivity contribution in [2.75, 3.05) is 0 Å². The van der Waals surface area contributed by atoms with E-state index < -0.39 is 0 Å². The number of unbranched alkanes of at least 4 members (excludes halogenated alkanes) is 18. The topological polar surface area (TPSA) is 43.4 Å². The predicted octanol–water partition coefficient (Wildman–Crippen LogP) is 12.5. The van der Waals surface area contributed by atoms with Crippen LogP contribution < -0.4 is 0 Å². The zero-order valence-corrected chi connectivity index (χ0v) is 27.2. The maximum Gasteiger partial charge on any atom is 0.313 e. The van der Waals surface area contributed by atoms with Crippen LogP contribution in [0, 0.1) is 0 Å². The minimum atomic E-state index is -0.383. The molecular weight excluding hydrogens is 504 g/mol. The highest BCUT2D eigenvalue weighted by molar-refractivity contribution is 5.85. The van der Waals surface area contributed by atoms with Crippen LogP contribution in [0.2, 0.25) is 0 Å². The monoisotopic (exact) mass is 571 g/mol. The van der Waals surface area contributed by atoms with Crippen LogP contribution in [0.15, 0.2) is 48.6 Å². The lowest BCUT2D eigenvalue weighted by molar-refractivity contribution is -0.159. The zero-order chi connectivity index (χ0) is 29.9. The Morgan fingerprint density at radius 2 is 0.707 bits per heavy atom. The second-order valence-corrected chi connectivity index (χ2v) is 11.5. The first kappa shape index (κ1) is 39.1. The standard InChI is InChI=1S/C38H66O3/c1-3-5-7-9-11-13-15-17-19-20-22-24-26-28-30-32-34-36-38(40)41-37(39)35-33-31-29-27-25-23-21-18-16-14-12-10-8-6-4-2/h11,13,17,19,22,24,28,30H,3-10,12,14-16,18,20-21,23,25-27,29,31-36H2,1-2H3. The molecule has 0 amide bonds. The highest BCUT2D eigenvalue weighted by Crippen LogP contribution is 2.14. The predicted molar refractivity (Wildman–Crippen MR) is 179 cm³/mol. The van der Waals surface area contributed by atoms with Crippen LogP contribution >= 0.6 is 0 Å². The van der Waals surface area contributed by atoms with Crippen LogP contribution in [0.1, 0.15) is 181 Å². The molecule has 41 heavy (non-hydrogen) atoms. The van der Waals surface area contributed by atoms with Crippen molar-refractivity contribution in [1.82, 2.24) is 0 Å². The van der Waals surface area contributed by atoms with Crippen LogP contribution in [-0.4, -0.2) is 11.9 Å². The summed E-state index contributed by atoms with van der Waals surface area (Å²) in [5, 5.41) is 0. The Morgan fingerprint density at radius 1 is 0.390 bits per heavy atom. The molecule has 0 fully saturated rings. The SMILES string of the molecule is CCCCCC=CCC=CCC=CCC=CCCCC(=O)OC(=O)CCCCCCCCCCCCCCCCC. The quantitative estimate of drug-likeness (QED) is 0.0373. The second-order valence-electron chi connectivity index (χ2n) is 11.5. The molecule has 0 aliphatic heterocycles. The first-order chi connectivity index (χ1) is 20.2. The molecule has 0 aliphatic rings. The third-order valence-electron chi connectivity index (χ3n) is 7.42. The van der Waals surface area contributed by atoms with E-state index >= 15 is 0 Å². The van der Waals surface area contributed by atoms with Gasteiger partial charge in [0, 0.05) is 12.8 Å². The average Bonchev–Trinajstić information content (AvgIpc) is 2.96. The van der Waals surface area contributed by atoms with Gasteiger partial charge in [-0.3, -0.25) is 9.59 Å². The molecule has 3 nitrogen and oxygen atoms in total. The molecule has 3 heteroatoms. The van der Waals surface area contributed by atoms with Gasteiger partial charge in [0.25, 0.3) is 0 Å². The van der Waals surface area contributed by atoms with E-state index in [9.17, 15) is 9.59 Å². The van der Waals surface area contributed by atoms with Gasteiger partial charge >= 0.3 is 11.9 Å². The van der Waals surface area contributed by atoms with Gasteiger partial charge in [-0.1, -0.05) is 165 Å². The van der Waals surface area contributed by atoms with Gasteiger partial charge in [0.05, 0.1) is 0 Å². The van der Waals surface area contributed by atoms with Crippen molar-refractivity contribution in [1.29, 1.82) is 0 Å². The van der Waals surface area contributed by atoms with Gasteiger partial charge in [0.15, 0.2) is 0 Å². The van der Waals surface area contributed by atoms with E-state index in [1.165, 1.54) is 109 Å². The molecule has 0 aromatic rings. The van der Waals surface area contributed by atoms with Gasteiger partial charge in [0.2, 0.25) is 0 Å². The number of hydrogen-bond donors (Lipinski definition) is 0. The third-order valence-corrected chi connectivity index (χ3v) is 7.42. The van der Waals surface area contributed by atoms with Crippen molar-refractivity contribution in [2.24, 2.45) is 0 Å². The van der Waals surface area contributed by atoms with E-state index in [1.807, 2.05) is 0 Å². The molecule has 0 bridgehead atoms. The Balaban J connectivity index is 3.47. The van der Waals surface area contributed by atoms with Crippen molar-refractivity contribution in [3.05, 3.63) is 48.6 Å². The average molecular weight is 571 g/mol. The summed E-state index contributed by atoms with van der Waals surface area (Å²) in [6.07, 6.45) is 47.3. The number of carbonyl (C=O) groups excluding carboxylic acids is 2. The van der Waals surface area contributed by atoms with Crippen LogP contribution in [0.25, 0.3) is 0 Å². The summed E-state index contributed by atoms with van der Waals surface area (Å²) in [5.41, 5.74) is 0. The lowest BCUT2D eigenvalue weighted by Gasteiger charge is -2.04. The van der Waals surface area contributed by atoms with Gasteiger partial charge < -0.3 is 4.74 Å². The van der Waals surface area contributed by atoms with Gasteiger partial charge in [-0.05, 0) is 51.4 Å². The van der Waals surface area contributed by atoms with Gasteiger partial charge in [-0.25, -0.2) is 0 Å². The van der Waals surface area contributed by atoms with Crippen LogP contribution in [0.5, 0.6) is 0 Å². The first-order valence-corrected chi connectivity index (χ1v) is 17.5. The summed E-state index contributed by atoms with van der Waals surface area (Å²) < 4.78 is 4.97. The molecule has 0 aromatic carbocycles. The van der Waals surface area contributed by atoms with Crippen LogP contribution in [-0.2, 0) is 14.3 Å². The number of rotatable bonds is 30. The summed E-state index contributed by atoms with van der Waals surface area (Å²) in [4.78, 5) is 23.8. The molecule has 0 aliphatic carbocycles. The van der Waals surface area contributed by atoms with Crippen LogP contribution in [0.4, 0.5) is 0 Å². The molecule has 0 N–H and O–H groups in total. The summed E-state index contributed by atoms with van der Waals surface area (Å²) in [6.45, 7) is 4.51. The molecule has 0 heterocycles. The van der Waals surface area contributed by atoms with E-state index in [4.69, 9.17) is 4.74 Å². The van der Waals surface area contributed by atoms with E-state index in [0.717, 1.165) is 44.9 Å². The van der Waals surface area contributed by atoms with Gasteiger partial charge in [-0.15, -0.1) is 0 Å². The Bertz CT molecular complexity index is 686. The molecule has 0 rings (SSSR count). The first-order valence-electron chi connectivity index (χ1n) is 17.5. The van der Waals surface area contributed by atoms with Gasteiger partial charge in [-0.2, -0.15) is 0 Å². The van der Waals surface area contributed by atoms with Crippen molar-refractivity contribution < 1.29 is 14.3 Å². The normalized spacial score (nSPS) is 12.0. The number of carbonyl (C=O) groups is 2. The lowest BCUT2D eigenvalue weighted by Crippen LogP contribution is -2.11. The highest BCUT2D eigenvalue weighted by Gasteiger charge is 2.09. The summed E-state index contributed by atoms with van der Waals surface area (Å²) in [7, 11) is 0. The number of ether oxygens (including phenoxy) is 1. The van der Waals surface area contributed by atoms with Crippen molar-refractivity contribution in [3.8, 4) is 0 Å². The molecule has 0 saturated heterocycles. The van der Waals surface area contributed by atoms with E-state index in [2.05, 4.69) is 62.5 Å². The Labute approximate surface area is 255 Å². The summed E-state index contributed by atoms with van der Waals surface area (Å²) >= 11 is 0. The smallest absolute Gasteiger partial charge is 0.313 e. The van der Waals surface area contributed by atoms with Gasteiger partial charge in [0.1, 0.15) is 0 Å². The molecule has 0 spiro atoms. The van der Waals surface area contributed by atoms with E-state index in [1.54, 1.807) is 0 Å². The maximum atomic E-state index is 11.9. The highest BCUT2D eigenvalue weighted by atomic mass is 16.6. The molecule has 0 unspecified atom stereocenters. The van der Waals surface area contributed by atoms with Crippen LogP contribution in [0.3, 0.4) is 0 Å². The zero-order valence-electron chi connectivity index (χ0n) is 27.2. The van der Waals surface area contributed by atoms with E-state index in [0.29, 0.717) is 12.8 Å². The minimum Gasteiger partial charge on any atom is -0.393 e. The fraction of sp³-hybridized carbons (Fsp3) is 0.737.